The number of rotatable bonds is 2. The molecule has 8 heteroatoms. The largest absolute Gasteiger partial charge is 0.352 e. The lowest BCUT2D eigenvalue weighted by molar-refractivity contribution is 0.0929. The van der Waals surface area contributed by atoms with Crippen LogP contribution in [0, 0.1) is 6.92 Å². The lowest BCUT2D eigenvalue weighted by Gasteiger charge is -2.35. The van der Waals surface area contributed by atoms with Gasteiger partial charge >= 0.3 is 6.03 Å². The molecule has 3 amide bonds. The maximum Gasteiger partial charge on any atom is 0.336 e. The monoisotopic (exact) mass is 340 g/mol. The average Bonchev–Trinajstić information content (AvgIpc) is 2.67. The summed E-state index contributed by atoms with van der Waals surface area (Å²) in [5.41, 5.74) is 6.47. The molecule has 0 aliphatic carbocycles. The number of piperazine rings is 1. The molecule has 1 aliphatic rings. The summed E-state index contributed by atoms with van der Waals surface area (Å²) in [5, 5.41) is 0. The Hall–Kier alpha value is -3.16. The number of aromatic nitrogens is 2. The van der Waals surface area contributed by atoms with Crippen molar-refractivity contribution >= 4 is 17.8 Å². The molecule has 3 rings (SSSR count). The second-order valence-corrected chi connectivity index (χ2v) is 5.79. The molecule has 1 aromatic heterocycles. The molecular formula is C17H20N6O2. The SMILES string of the molecule is Cc1ccc(C(=O)NNC(=O)N2CCN(c3cnccn3)CC2)cc1. The first-order valence-electron chi connectivity index (χ1n) is 8.06. The first-order chi connectivity index (χ1) is 12.1. The number of nitrogens with zero attached hydrogens (tertiary/aromatic N) is 4. The van der Waals surface area contributed by atoms with Crippen LogP contribution in [0.4, 0.5) is 10.6 Å². The number of amides is 3. The van der Waals surface area contributed by atoms with E-state index in [1.54, 1.807) is 35.6 Å². The number of urea groups is 1. The summed E-state index contributed by atoms with van der Waals surface area (Å²) in [5.74, 6) is 0.460. The Bertz CT molecular complexity index is 727. The maximum atomic E-state index is 12.2. The van der Waals surface area contributed by atoms with Gasteiger partial charge in [0.05, 0.1) is 6.20 Å². The van der Waals surface area contributed by atoms with E-state index in [1.807, 2.05) is 19.1 Å². The van der Waals surface area contributed by atoms with E-state index in [0.717, 1.165) is 11.4 Å². The lowest BCUT2D eigenvalue weighted by Crippen LogP contribution is -2.55. The Morgan fingerprint density at radius 1 is 1.00 bits per heavy atom. The van der Waals surface area contributed by atoms with Gasteiger partial charge in [-0.05, 0) is 19.1 Å². The van der Waals surface area contributed by atoms with Crippen molar-refractivity contribution in [2.24, 2.45) is 0 Å². The van der Waals surface area contributed by atoms with Gasteiger partial charge < -0.3 is 9.80 Å². The molecule has 0 radical (unpaired) electrons. The van der Waals surface area contributed by atoms with Crippen LogP contribution in [-0.2, 0) is 0 Å². The normalized spacial score (nSPS) is 14.1. The second-order valence-electron chi connectivity index (χ2n) is 5.79. The Balaban J connectivity index is 1.46. The number of hydrogen-bond acceptors (Lipinski definition) is 5. The van der Waals surface area contributed by atoms with Crippen LogP contribution in [0.1, 0.15) is 15.9 Å². The molecule has 1 fully saturated rings. The summed E-state index contributed by atoms with van der Waals surface area (Å²) in [6.07, 6.45) is 4.98. The van der Waals surface area contributed by atoms with Crippen LogP contribution in [-0.4, -0.2) is 53.0 Å². The number of benzene rings is 1. The van der Waals surface area contributed by atoms with Crippen LogP contribution >= 0.6 is 0 Å². The van der Waals surface area contributed by atoms with Gasteiger partial charge in [0, 0.05) is 44.1 Å². The van der Waals surface area contributed by atoms with Crippen molar-refractivity contribution in [1.29, 1.82) is 0 Å². The van der Waals surface area contributed by atoms with Crippen LogP contribution in [0.2, 0.25) is 0 Å². The minimum absolute atomic E-state index is 0.320. The molecule has 2 N–H and O–H groups in total. The van der Waals surface area contributed by atoms with Crippen molar-refractivity contribution in [3.8, 4) is 0 Å². The Labute approximate surface area is 145 Å². The smallest absolute Gasteiger partial charge is 0.336 e. The zero-order valence-corrected chi connectivity index (χ0v) is 14.0. The zero-order chi connectivity index (χ0) is 17.6. The van der Waals surface area contributed by atoms with Crippen molar-refractivity contribution in [3.05, 3.63) is 54.0 Å². The van der Waals surface area contributed by atoms with Gasteiger partial charge in [0.2, 0.25) is 0 Å². The minimum Gasteiger partial charge on any atom is -0.352 e. The summed E-state index contributed by atoms with van der Waals surface area (Å²) in [6.45, 7) is 4.37. The molecule has 130 valence electrons. The van der Waals surface area contributed by atoms with E-state index in [2.05, 4.69) is 25.7 Å². The fourth-order valence-corrected chi connectivity index (χ4v) is 2.56. The molecular weight excluding hydrogens is 320 g/mol. The first kappa shape index (κ1) is 16.7. The molecule has 0 saturated carbocycles. The fourth-order valence-electron chi connectivity index (χ4n) is 2.56. The summed E-state index contributed by atoms with van der Waals surface area (Å²) < 4.78 is 0. The van der Waals surface area contributed by atoms with Crippen LogP contribution in [0.25, 0.3) is 0 Å². The Kier molecular flexibility index (Phi) is 5.08. The predicted molar refractivity (Wildman–Crippen MR) is 93.0 cm³/mol. The van der Waals surface area contributed by atoms with Crippen molar-refractivity contribution in [2.75, 3.05) is 31.1 Å². The van der Waals surface area contributed by atoms with Crippen molar-refractivity contribution in [3.63, 3.8) is 0 Å². The van der Waals surface area contributed by atoms with Gasteiger partial charge in [-0.25, -0.2) is 15.2 Å². The molecule has 0 spiro atoms. The van der Waals surface area contributed by atoms with E-state index in [0.29, 0.717) is 31.7 Å². The molecule has 2 heterocycles. The van der Waals surface area contributed by atoms with E-state index in [4.69, 9.17) is 0 Å². The van der Waals surface area contributed by atoms with Gasteiger partial charge in [0.25, 0.3) is 5.91 Å². The molecule has 1 aliphatic heterocycles. The summed E-state index contributed by atoms with van der Waals surface area (Å²) >= 11 is 0. The van der Waals surface area contributed by atoms with E-state index >= 15 is 0 Å². The fraction of sp³-hybridized carbons (Fsp3) is 0.294. The topological polar surface area (TPSA) is 90.5 Å². The van der Waals surface area contributed by atoms with Gasteiger partial charge in [-0.15, -0.1) is 0 Å². The van der Waals surface area contributed by atoms with E-state index in [-0.39, 0.29) is 11.9 Å². The first-order valence-corrected chi connectivity index (χ1v) is 8.06. The molecule has 0 bridgehead atoms. The summed E-state index contributed by atoms with van der Waals surface area (Å²) in [4.78, 5) is 36.2. The number of carbonyl (C=O) groups is 2. The molecule has 2 aromatic rings. The van der Waals surface area contributed by atoms with Gasteiger partial charge in [-0.2, -0.15) is 0 Å². The van der Waals surface area contributed by atoms with Gasteiger partial charge in [0.1, 0.15) is 5.82 Å². The van der Waals surface area contributed by atoms with Crippen LogP contribution in [0.3, 0.4) is 0 Å². The number of anilines is 1. The van der Waals surface area contributed by atoms with Crippen molar-refractivity contribution in [2.45, 2.75) is 6.92 Å². The highest BCUT2D eigenvalue weighted by molar-refractivity contribution is 5.95. The van der Waals surface area contributed by atoms with Crippen LogP contribution < -0.4 is 15.8 Å². The van der Waals surface area contributed by atoms with Gasteiger partial charge in [-0.1, -0.05) is 17.7 Å². The van der Waals surface area contributed by atoms with Crippen molar-refractivity contribution in [1.82, 2.24) is 25.7 Å². The van der Waals surface area contributed by atoms with Gasteiger partial charge in [0.15, 0.2) is 0 Å². The second kappa shape index (κ2) is 7.61. The number of carbonyl (C=O) groups excluding carboxylic acids is 2. The third-order valence-electron chi connectivity index (χ3n) is 4.04. The number of aryl methyl sites for hydroxylation is 1. The zero-order valence-electron chi connectivity index (χ0n) is 14.0. The number of hydrogen-bond donors (Lipinski definition) is 2. The number of nitrogens with one attached hydrogen (secondary N) is 2. The quantitative estimate of drug-likeness (QED) is 0.795. The van der Waals surface area contributed by atoms with E-state index in [1.165, 1.54) is 0 Å². The molecule has 25 heavy (non-hydrogen) atoms. The molecule has 1 aromatic carbocycles. The molecule has 0 unspecified atom stereocenters. The molecule has 8 nitrogen and oxygen atoms in total. The highest BCUT2D eigenvalue weighted by atomic mass is 16.2. The van der Waals surface area contributed by atoms with Crippen LogP contribution in [0.5, 0.6) is 0 Å². The highest BCUT2D eigenvalue weighted by Gasteiger charge is 2.22. The third kappa shape index (κ3) is 4.23. The highest BCUT2D eigenvalue weighted by Crippen LogP contribution is 2.11. The summed E-state index contributed by atoms with van der Waals surface area (Å²) in [6, 6.07) is 6.82. The predicted octanol–water partition coefficient (Wildman–Crippen LogP) is 0.962. The minimum atomic E-state index is -0.341. The molecule has 1 saturated heterocycles. The third-order valence-corrected chi connectivity index (χ3v) is 4.04. The number of hydrazine groups is 1. The Morgan fingerprint density at radius 2 is 1.72 bits per heavy atom. The molecule has 0 atom stereocenters. The maximum absolute atomic E-state index is 12.2. The van der Waals surface area contributed by atoms with Gasteiger partial charge in [-0.3, -0.25) is 15.2 Å². The average molecular weight is 340 g/mol. The van der Waals surface area contributed by atoms with Crippen LogP contribution in [0.15, 0.2) is 42.9 Å². The van der Waals surface area contributed by atoms with E-state index < -0.39 is 0 Å². The van der Waals surface area contributed by atoms with Crippen molar-refractivity contribution < 1.29 is 9.59 Å². The lowest BCUT2D eigenvalue weighted by atomic mass is 10.1. The Morgan fingerprint density at radius 3 is 2.36 bits per heavy atom. The standard InChI is InChI=1S/C17H20N6O2/c1-13-2-4-14(5-3-13)16(24)20-21-17(25)23-10-8-22(9-11-23)15-12-18-6-7-19-15/h2-7,12H,8-11H2,1H3,(H,20,24)(H,21,25). The summed E-state index contributed by atoms with van der Waals surface area (Å²) in [7, 11) is 0. The van der Waals surface area contributed by atoms with E-state index in [9.17, 15) is 9.59 Å².